The van der Waals surface area contributed by atoms with Gasteiger partial charge in [0.15, 0.2) is 12.6 Å². The fourth-order valence-electron chi connectivity index (χ4n) is 2.39. The molecule has 0 heterocycles. The Balaban J connectivity index is 2.44. The smallest absolute Gasteiger partial charge is 0.255 e. The number of hydrogen-bond acceptors (Lipinski definition) is 3. The number of guanidine groups is 1. The third-order valence-corrected chi connectivity index (χ3v) is 3.71. The maximum absolute atomic E-state index is 10.8. The number of nitrogens with zero attached hydrogens (tertiary/aromatic N) is 2. The number of nitrogens with one attached hydrogen (secondary N) is 1. The van der Waals surface area contributed by atoms with E-state index < -0.39 is 5.91 Å². The van der Waals surface area contributed by atoms with Crippen LogP contribution in [0.1, 0.15) is 31.2 Å². The number of carbonyl (C=O) groups excluding carboxylic acids is 1. The lowest BCUT2D eigenvalue weighted by molar-refractivity contribution is -0.119. The quantitative estimate of drug-likeness (QED) is 0.279. The summed E-state index contributed by atoms with van der Waals surface area (Å²) in [7, 11) is 3.82. The van der Waals surface area contributed by atoms with Crippen LogP contribution in [-0.4, -0.2) is 44.0 Å². The summed E-state index contributed by atoms with van der Waals surface area (Å²) in [6.07, 6.45) is 6.53. The number of benzene rings is 1. The van der Waals surface area contributed by atoms with E-state index in [4.69, 9.17) is 10.5 Å². The molecule has 1 rings (SSSR count). The van der Waals surface area contributed by atoms with Crippen LogP contribution in [0.25, 0.3) is 0 Å². The van der Waals surface area contributed by atoms with Gasteiger partial charge in [0.1, 0.15) is 5.75 Å². The van der Waals surface area contributed by atoms with Crippen molar-refractivity contribution in [2.45, 2.75) is 32.2 Å². The molecule has 0 bridgehead atoms. The SMILES string of the molecule is C=CCCCCCN(C)C(=NC)NCc1cccc(OCC(N)=O)c1. The van der Waals surface area contributed by atoms with Gasteiger partial charge in [-0.1, -0.05) is 24.6 Å². The molecule has 3 N–H and O–H groups in total. The van der Waals surface area contributed by atoms with Crippen LogP contribution >= 0.6 is 0 Å². The average molecular weight is 346 g/mol. The molecule has 0 saturated carbocycles. The lowest BCUT2D eigenvalue weighted by atomic mass is 10.2. The molecule has 6 heteroatoms. The molecule has 1 amide bonds. The number of ether oxygens (including phenoxy) is 1. The molecule has 138 valence electrons. The Morgan fingerprint density at radius 3 is 2.88 bits per heavy atom. The van der Waals surface area contributed by atoms with Crippen LogP contribution in [0.2, 0.25) is 0 Å². The zero-order valence-corrected chi connectivity index (χ0v) is 15.3. The van der Waals surface area contributed by atoms with Crippen LogP contribution in [0, 0.1) is 0 Å². The Labute approximate surface area is 150 Å². The Kier molecular flexibility index (Phi) is 9.82. The Morgan fingerprint density at radius 1 is 1.40 bits per heavy atom. The van der Waals surface area contributed by atoms with Gasteiger partial charge in [-0.05, 0) is 37.0 Å². The molecule has 0 spiro atoms. The van der Waals surface area contributed by atoms with Crippen molar-refractivity contribution in [2.75, 3.05) is 27.2 Å². The molecule has 1 aromatic carbocycles. The number of rotatable bonds is 11. The number of allylic oxidation sites excluding steroid dienone is 1. The molecule has 1 aromatic rings. The summed E-state index contributed by atoms with van der Waals surface area (Å²) < 4.78 is 5.32. The van der Waals surface area contributed by atoms with Gasteiger partial charge in [-0.15, -0.1) is 6.58 Å². The molecule has 25 heavy (non-hydrogen) atoms. The highest BCUT2D eigenvalue weighted by Crippen LogP contribution is 2.13. The van der Waals surface area contributed by atoms with E-state index in [-0.39, 0.29) is 6.61 Å². The minimum absolute atomic E-state index is 0.118. The highest BCUT2D eigenvalue weighted by Gasteiger charge is 2.06. The van der Waals surface area contributed by atoms with Gasteiger partial charge in [0, 0.05) is 27.2 Å². The first-order chi connectivity index (χ1) is 12.1. The Hall–Kier alpha value is -2.50. The average Bonchev–Trinajstić information content (AvgIpc) is 2.60. The summed E-state index contributed by atoms with van der Waals surface area (Å²) in [6, 6.07) is 7.57. The van der Waals surface area contributed by atoms with Gasteiger partial charge < -0.3 is 20.7 Å². The lowest BCUT2D eigenvalue weighted by Gasteiger charge is -2.22. The summed E-state index contributed by atoms with van der Waals surface area (Å²) in [4.78, 5) is 17.2. The highest BCUT2D eigenvalue weighted by molar-refractivity contribution is 5.79. The van der Waals surface area contributed by atoms with E-state index in [1.54, 1.807) is 13.1 Å². The van der Waals surface area contributed by atoms with E-state index >= 15 is 0 Å². The third-order valence-electron chi connectivity index (χ3n) is 3.71. The van der Waals surface area contributed by atoms with Crippen molar-refractivity contribution in [3.63, 3.8) is 0 Å². The van der Waals surface area contributed by atoms with E-state index in [0.29, 0.717) is 12.3 Å². The first-order valence-electron chi connectivity index (χ1n) is 8.59. The van der Waals surface area contributed by atoms with Crippen molar-refractivity contribution in [1.82, 2.24) is 10.2 Å². The molecule has 0 aliphatic carbocycles. The summed E-state index contributed by atoms with van der Waals surface area (Å²) in [6.45, 7) is 5.21. The van der Waals surface area contributed by atoms with Crippen molar-refractivity contribution in [3.05, 3.63) is 42.5 Å². The van der Waals surface area contributed by atoms with Crippen molar-refractivity contribution < 1.29 is 9.53 Å². The minimum atomic E-state index is -0.487. The summed E-state index contributed by atoms with van der Waals surface area (Å²) in [5.41, 5.74) is 6.14. The Morgan fingerprint density at radius 2 is 2.20 bits per heavy atom. The summed E-state index contributed by atoms with van der Waals surface area (Å²) in [5.74, 6) is 0.995. The zero-order valence-electron chi connectivity index (χ0n) is 15.3. The topological polar surface area (TPSA) is 79.9 Å². The predicted octanol–water partition coefficient (Wildman–Crippen LogP) is 2.30. The number of nitrogens with two attached hydrogens (primary N) is 1. The maximum Gasteiger partial charge on any atom is 0.255 e. The lowest BCUT2D eigenvalue weighted by Crippen LogP contribution is -2.39. The van der Waals surface area contributed by atoms with Crippen LogP contribution < -0.4 is 15.8 Å². The van der Waals surface area contributed by atoms with E-state index in [2.05, 4.69) is 21.8 Å². The van der Waals surface area contributed by atoms with Gasteiger partial charge in [-0.3, -0.25) is 9.79 Å². The van der Waals surface area contributed by atoms with Gasteiger partial charge in [0.25, 0.3) is 5.91 Å². The number of carbonyl (C=O) groups is 1. The van der Waals surface area contributed by atoms with E-state index in [1.807, 2.05) is 31.3 Å². The van der Waals surface area contributed by atoms with Gasteiger partial charge >= 0.3 is 0 Å². The van der Waals surface area contributed by atoms with E-state index in [9.17, 15) is 4.79 Å². The molecule has 0 aliphatic heterocycles. The van der Waals surface area contributed by atoms with Gasteiger partial charge in [0.05, 0.1) is 0 Å². The molecular weight excluding hydrogens is 316 g/mol. The minimum Gasteiger partial charge on any atom is -0.484 e. The molecule has 0 aromatic heterocycles. The molecule has 0 fully saturated rings. The fourth-order valence-corrected chi connectivity index (χ4v) is 2.39. The molecule has 0 saturated heterocycles. The van der Waals surface area contributed by atoms with Crippen LogP contribution in [0.4, 0.5) is 0 Å². The summed E-state index contributed by atoms with van der Waals surface area (Å²) in [5, 5.41) is 3.34. The number of aliphatic imine (C=N–C) groups is 1. The second kappa shape index (κ2) is 11.9. The molecule has 0 radical (unpaired) electrons. The van der Waals surface area contributed by atoms with E-state index in [0.717, 1.165) is 30.9 Å². The fraction of sp³-hybridized carbons (Fsp3) is 0.474. The standard InChI is InChI=1S/C19H30N4O2/c1-4-5-6-7-8-12-23(3)19(21-2)22-14-16-10-9-11-17(13-16)25-15-18(20)24/h4,9-11,13H,1,5-8,12,14-15H2,2-3H3,(H2,20,24)(H,21,22). The zero-order chi connectivity index (χ0) is 18.5. The van der Waals surface area contributed by atoms with Crippen molar-refractivity contribution in [3.8, 4) is 5.75 Å². The number of amides is 1. The van der Waals surface area contributed by atoms with Gasteiger partial charge in [-0.25, -0.2) is 0 Å². The summed E-state index contributed by atoms with van der Waals surface area (Å²) >= 11 is 0. The molecule has 0 unspecified atom stereocenters. The highest BCUT2D eigenvalue weighted by atomic mass is 16.5. The normalized spacial score (nSPS) is 11.0. The second-order valence-corrected chi connectivity index (χ2v) is 5.86. The third kappa shape index (κ3) is 8.79. The molecular formula is C19H30N4O2. The number of primary amides is 1. The first kappa shape index (κ1) is 20.5. The van der Waals surface area contributed by atoms with E-state index in [1.165, 1.54) is 12.8 Å². The van der Waals surface area contributed by atoms with Crippen molar-refractivity contribution >= 4 is 11.9 Å². The van der Waals surface area contributed by atoms with Crippen molar-refractivity contribution in [2.24, 2.45) is 10.7 Å². The van der Waals surface area contributed by atoms with Gasteiger partial charge in [0.2, 0.25) is 0 Å². The van der Waals surface area contributed by atoms with Crippen LogP contribution in [0.5, 0.6) is 5.75 Å². The monoisotopic (exact) mass is 346 g/mol. The molecule has 6 nitrogen and oxygen atoms in total. The predicted molar refractivity (Wildman–Crippen MR) is 103 cm³/mol. The maximum atomic E-state index is 10.8. The number of hydrogen-bond donors (Lipinski definition) is 2. The largest absolute Gasteiger partial charge is 0.484 e. The number of unbranched alkanes of at least 4 members (excludes halogenated alkanes) is 3. The Bertz CT molecular complexity index is 572. The van der Waals surface area contributed by atoms with Crippen LogP contribution in [0.3, 0.4) is 0 Å². The van der Waals surface area contributed by atoms with Crippen molar-refractivity contribution in [1.29, 1.82) is 0 Å². The molecule has 0 aliphatic rings. The van der Waals surface area contributed by atoms with Crippen LogP contribution in [0.15, 0.2) is 41.9 Å². The van der Waals surface area contributed by atoms with Crippen LogP contribution in [-0.2, 0) is 11.3 Å². The second-order valence-electron chi connectivity index (χ2n) is 5.86. The van der Waals surface area contributed by atoms with Gasteiger partial charge in [-0.2, -0.15) is 0 Å². The first-order valence-corrected chi connectivity index (χ1v) is 8.59. The molecule has 0 atom stereocenters.